The lowest BCUT2D eigenvalue weighted by atomic mass is 9.98. The molecule has 4 heteroatoms. The zero-order valence-electron chi connectivity index (χ0n) is 14.5. The fourth-order valence-corrected chi connectivity index (χ4v) is 3.36. The SMILES string of the molecule is COc1ccc([C@H]2CC(c3ccc(Cl)cc3)=NN2c2ccccc2)cc1. The maximum absolute atomic E-state index is 6.03. The summed E-state index contributed by atoms with van der Waals surface area (Å²) in [6.45, 7) is 0. The first-order chi connectivity index (χ1) is 12.7. The highest BCUT2D eigenvalue weighted by Crippen LogP contribution is 2.37. The number of rotatable bonds is 4. The van der Waals surface area contributed by atoms with Gasteiger partial charge in [0.25, 0.3) is 0 Å². The van der Waals surface area contributed by atoms with Crippen molar-refractivity contribution in [2.45, 2.75) is 12.5 Å². The quantitative estimate of drug-likeness (QED) is 0.594. The maximum atomic E-state index is 6.03. The number of hydrogen-bond acceptors (Lipinski definition) is 3. The number of anilines is 1. The molecule has 0 amide bonds. The molecular weight excluding hydrogens is 344 g/mol. The first kappa shape index (κ1) is 16.7. The van der Waals surface area contributed by atoms with Crippen LogP contribution in [0.15, 0.2) is 84.0 Å². The molecular formula is C22H19ClN2O. The van der Waals surface area contributed by atoms with E-state index in [0.29, 0.717) is 0 Å². The van der Waals surface area contributed by atoms with Crippen molar-refractivity contribution in [1.29, 1.82) is 0 Å². The fraction of sp³-hybridized carbons (Fsp3) is 0.136. The van der Waals surface area contributed by atoms with Crippen molar-refractivity contribution in [1.82, 2.24) is 0 Å². The Labute approximate surface area is 158 Å². The number of hydrogen-bond donors (Lipinski definition) is 0. The van der Waals surface area contributed by atoms with Gasteiger partial charge in [0, 0.05) is 11.4 Å². The van der Waals surface area contributed by atoms with Crippen molar-refractivity contribution in [2.24, 2.45) is 5.10 Å². The largest absolute Gasteiger partial charge is 0.497 e. The second-order valence-electron chi connectivity index (χ2n) is 6.23. The van der Waals surface area contributed by atoms with E-state index in [1.54, 1.807) is 7.11 Å². The highest BCUT2D eigenvalue weighted by Gasteiger charge is 2.29. The molecule has 130 valence electrons. The topological polar surface area (TPSA) is 24.8 Å². The number of halogens is 1. The van der Waals surface area contributed by atoms with Gasteiger partial charge < -0.3 is 4.74 Å². The summed E-state index contributed by atoms with van der Waals surface area (Å²) < 4.78 is 5.29. The van der Waals surface area contributed by atoms with E-state index in [1.807, 2.05) is 54.6 Å². The lowest BCUT2D eigenvalue weighted by molar-refractivity contribution is 0.414. The lowest BCUT2D eigenvalue weighted by Gasteiger charge is -2.24. The minimum Gasteiger partial charge on any atom is -0.497 e. The summed E-state index contributed by atoms with van der Waals surface area (Å²) >= 11 is 6.03. The highest BCUT2D eigenvalue weighted by molar-refractivity contribution is 6.30. The van der Waals surface area contributed by atoms with Crippen LogP contribution in [0.5, 0.6) is 5.75 Å². The number of ether oxygens (including phenoxy) is 1. The molecule has 0 bridgehead atoms. The van der Waals surface area contributed by atoms with E-state index in [1.165, 1.54) is 5.56 Å². The van der Waals surface area contributed by atoms with E-state index in [4.69, 9.17) is 21.4 Å². The first-order valence-corrected chi connectivity index (χ1v) is 8.94. The van der Waals surface area contributed by atoms with Crippen LogP contribution < -0.4 is 9.75 Å². The van der Waals surface area contributed by atoms with Crippen LogP contribution >= 0.6 is 11.6 Å². The molecule has 0 saturated heterocycles. The smallest absolute Gasteiger partial charge is 0.118 e. The van der Waals surface area contributed by atoms with Gasteiger partial charge in [-0.15, -0.1) is 0 Å². The number of nitrogens with zero attached hydrogens (tertiary/aromatic N) is 2. The third-order valence-electron chi connectivity index (χ3n) is 4.61. The van der Waals surface area contributed by atoms with E-state index in [0.717, 1.165) is 34.2 Å². The molecule has 0 fully saturated rings. The number of benzene rings is 3. The summed E-state index contributed by atoms with van der Waals surface area (Å²) in [5.41, 5.74) is 4.46. The summed E-state index contributed by atoms with van der Waals surface area (Å²) in [7, 11) is 1.68. The zero-order chi connectivity index (χ0) is 17.9. The van der Waals surface area contributed by atoms with E-state index < -0.39 is 0 Å². The van der Waals surface area contributed by atoms with Gasteiger partial charge in [0.15, 0.2) is 0 Å². The zero-order valence-corrected chi connectivity index (χ0v) is 15.2. The Morgan fingerprint density at radius 2 is 1.62 bits per heavy atom. The van der Waals surface area contributed by atoms with Gasteiger partial charge in [0.05, 0.1) is 24.6 Å². The molecule has 0 radical (unpaired) electrons. The molecule has 3 nitrogen and oxygen atoms in total. The molecule has 4 rings (SSSR count). The molecule has 1 heterocycles. The van der Waals surface area contributed by atoms with Gasteiger partial charge in [0.2, 0.25) is 0 Å². The number of hydrazone groups is 1. The molecule has 0 spiro atoms. The second kappa shape index (κ2) is 7.22. The molecule has 0 aromatic heterocycles. The van der Waals surface area contributed by atoms with Gasteiger partial charge in [-0.25, -0.2) is 0 Å². The molecule has 1 aliphatic rings. The molecule has 0 saturated carbocycles. The van der Waals surface area contributed by atoms with Gasteiger partial charge in [-0.05, 0) is 47.5 Å². The Balaban J connectivity index is 1.71. The van der Waals surface area contributed by atoms with Crippen molar-refractivity contribution >= 4 is 23.0 Å². The van der Waals surface area contributed by atoms with Crippen LogP contribution in [0.3, 0.4) is 0 Å². The summed E-state index contributed by atoms with van der Waals surface area (Å²) in [4.78, 5) is 0. The Morgan fingerprint density at radius 1 is 0.923 bits per heavy atom. The van der Waals surface area contributed by atoms with Crippen LogP contribution in [-0.2, 0) is 0 Å². The second-order valence-corrected chi connectivity index (χ2v) is 6.66. The Morgan fingerprint density at radius 3 is 2.27 bits per heavy atom. The molecule has 26 heavy (non-hydrogen) atoms. The van der Waals surface area contributed by atoms with Gasteiger partial charge in [0.1, 0.15) is 5.75 Å². The van der Waals surface area contributed by atoms with E-state index >= 15 is 0 Å². The Bertz CT molecular complexity index is 905. The van der Waals surface area contributed by atoms with Crippen LogP contribution in [0, 0.1) is 0 Å². The Hall–Kier alpha value is -2.78. The van der Waals surface area contributed by atoms with Crippen molar-refractivity contribution < 1.29 is 4.74 Å². The third-order valence-corrected chi connectivity index (χ3v) is 4.86. The van der Waals surface area contributed by atoms with E-state index in [-0.39, 0.29) is 6.04 Å². The monoisotopic (exact) mass is 362 g/mol. The van der Waals surface area contributed by atoms with Crippen LogP contribution in [0.2, 0.25) is 5.02 Å². The standard InChI is InChI=1S/C22H19ClN2O/c1-26-20-13-9-17(10-14-20)22-15-21(16-7-11-18(23)12-8-16)24-25(22)19-5-3-2-4-6-19/h2-14,22H,15H2,1H3/t22-/m1/s1. The van der Waals surface area contributed by atoms with Crippen LogP contribution in [0.25, 0.3) is 0 Å². The van der Waals surface area contributed by atoms with Crippen LogP contribution in [0.1, 0.15) is 23.6 Å². The lowest BCUT2D eigenvalue weighted by Crippen LogP contribution is -2.18. The predicted molar refractivity (Wildman–Crippen MR) is 107 cm³/mol. The molecule has 0 aliphatic carbocycles. The summed E-state index contributed by atoms with van der Waals surface area (Å²) in [6.07, 6.45) is 0.836. The molecule has 0 unspecified atom stereocenters. The molecule has 3 aromatic carbocycles. The van der Waals surface area contributed by atoms with Crippen molar-refractivity contribution in [3.63, 3.8) is 0 Å². The predicted octanol–water partition coefficient (Wildman–Crippen LogP) is 5.70. The van der Waals surface area contributed by atoms with Crippen molar-refractivity contribution in [3.8, 4) is 5.75 Å². The number of methoxy groups -OCH3 is 1. The van der Waals surface area contributed by atoms with Gasteiger partial charge in [-0.2, -0.15) is 5.10 Å². The van der Waals surface area contributed by atoms with E-state index in [9.17, 15) is 0 Å². The summed E-state index contributed by atoms with van der Waals surface area (Å²) in [5, 5.41) is 7.77. The highest BCUT2D eigenvalue weighted by atomic mass is 35.5. The van der Waals surface area contributed by atoms with Crippen LogP contribution in [0.4, 0.5) is 5.69 Å². The summed E-state index contributed by atoms with van der Waals surface area (Å²) in [6, 6.07) is 26.5. The Kier molecular flexibility index (Phi) is 4.63. The maximum Gasteiger partial charge on any atom is 0.118 e. The third kappa shape index (κ3) is 3.31. The normalized spacial score (nSPS) is 16.5. The minimum absolute atomic E-state index is 0.147. The van der Waals surface area contributed by atoms with Crippen molar-refractivity contribution in [3.05, 3.63) is 95.0 Å². The molecule has 3 aromatic rings. The molecule has 1 atom stereocenters. The van der Waals surface area contributed by atoms with Crippen molar-refractivity contribution in [2.75, 3.05) is 12.1 Å². The average Bonchev–Trinajstić information content (AvgIpc) is 3.15. The average molecular weight is 363 g/mol. The van der Waals surface area contributed by atoms with Gasteiger partial charge in [-0.3, -0.25) is 5.01 Å². The first-order valence-electron chi connectivity index (χ1n) is 8.56. The minimum atomic E-state index is 0.147. The summed E-state index contributed by atoms with van der Waals surface area (Å²) in [5.74, 6) is 0.858. The molecule has 1 aliphatic heterocycles. The number of para-hydroxylation sites is 1. The fourth-order valence-electron chi connectivity index (χ4n) is 3.23. The molecule has 0 N–H and O–H groups in total. The van der Waals surface area contributed by atoms with Crippen LogP contribution in [-0.4, -0.2) is 12.8 Å². The van der Waals surface area contributed by atoms with Gasteiger partial charge >= 0.3 is 0 Å². The van der Waals surface area contributed by atoms with E-state index in [2.05, 4.69) is 29.3 Å². The van der Waals surface area contributed by atoms with Gasteiger partial charge in [-0.1, -0.05) is 54.1 Å².